The third-order valence-electron chi connectivity index (χ3n) is 3.64. The minimum atomic E-state index is -0.714. The summed E-state index contributed by atoms with van der Waals surface area (Å²) >= 11 is 0. The molecule has 1 saturated heterocycles. The van der Waals surface area contributed by atoms with Gasteiger partial charge in [-0.05, 0) is 18.4 Å². The molecule has 0 radical (unpaired) electrons. The smallest absolute Gasteiger partial charge is 0.242 e. The quantitative estimate of drug-likeness (QED) is 0.775. The molecule has 6 nitrogen and oxygen atoms in total. The molecule has 2 rings (SSSR count). The molecule has 0 aromatic heterocycles. The molecule has 1 unspecified atom stereocenters. The Morgan fingerprint density at radius 3 is 2.71 bits per heavy atom. The lowest BCUT2D eigenvalue weighted by Gasteiger charge is -2.35. The molecule has 1 aromatic rings. The van der Waals surface area contributed by atoms with Gasteiger partial charge in [0.15, 0.2) is 0 Å². The molecular weight excluding hydrogens is 270 g/mol. The zero-order valence-corrected chi connectivity index (χ0v) is 11.9. The molecule has 0 saturated carbocycles. The van der Waals surface area contributed by atoms with E-state index in [0.717, 1.165) is 12.0 Å². The normalized spacial score (nSPS) is 20.0. The maximum Gasteiger partial charge on any atom is 0.242 e. The second kappa shape index (κ2) is 7.19. The average Bonchev–Trinajstić information content (AvgIpc) is 2.52. The van der Waals surface area contributed by atoms with Crippen LogP contribution in [-0.4, -0.2) is 48.6 Å². The van der Waals surface area contributed by atoms with Gasteiger partial charge in [-0.1, -0.05) is 30.3 Å². The number of aryl methyl sites for hydroxylation is 1. The highest BCUT2D eigenvalue weighted by Gasteiger charge is 2.33. The van der Waals surface area contributed by atoms with Crippen LogP contribution in [0.2, 0.25) is 0 Å². The summed E-state index contributed by atoms with van der Waals surface area (Å²) in [5.74, 6) is -0.795. The summed E-state index contributed by atoms with van der Waals surface area (Å²) in [7, 11) is 0. The Morgan fingerprint density at radius 1 is 1.33 bits per heavy atom. The molecule has 21 heavy (non-hydrogen) atoms. The maximum absolute atomic E-state index is 12.4. The fourth-order valence-electron chi connectivity index (χ4n) is 2.41. The van der Waals surface area contributed by atoms with Crippen LogP contribution in [0, 0.1) is 0 Å². The van der Waals surface area contributed by atoms with Crippen molar-refractivity contribution >= 4 is 11.8 Å². The zero-order valence-electron chi connectivity index (χ0n) is 11.9. The number of hydrogen-bond acceptors (Lipinski definition) is 4. The molecule has 1 aliphatic heterocycles. The van der Waals surface area contributed by atoms with E-state index in [4.69, 9.17) is 16.2 Å². The molecule has 0 spiro atoms. The number of nitrogens with two attached hydrogens (primary N) is 2. The molecule has 1 heterocycles. The van der Waals surface area contributed by atoms with E-state index < -0.39 is 18.0 Å². The van der Waals surface area contributed by atoms with Gasteiger partial charge in [0.25, 0.3) is 0 Å². The Bertz CT molecular complexity index is 492. The summed E-state index contributed by atoms with van der Waals surface area (Å²) in [5.41, 5.74) is 12.4. The van der Waals surface area contributed by atoms with E-state index in [1.807, 2.05) is 30.3 Å². The van der Waals surface area contributed by atoms with E-state index >= 15 is 0 Å². The number of primary amides is 1. The maximum atomic E-state index is 12.4. The molecule has 1 aliphatic rings. The van der Waals surface area contributed by atoms with Gasteiger partial charge in [0, 0.05) is 6.54 Å². The first kappa shape index (κ1) is 15.5. The number of rotatable bonds is 5. The van der Waals surface area contributed by atoms with Gasteiger partial charge in [0.2, 0.25) is 11.8 Å². The second-order valence-electron chi connectivity index (χ2n) is 5.16. The van der Waals surface area contributed by atoms with E-state index in [9.17, 15) is 9.59 Å². The van der Waals surface area contributed by atoms with Crippen LogP contribution in [-0.2, 0) is 20.7 Å². The van der Waals surface area contributed by atoms with Gasteiger partial charge in [-0.25, -0.2) is 0 Å². The van der Waals surface area contributed by atoms with Gasteiger partial charge in [0.05, 0.1) is 19.3 Å². The predicted molar refractivity (Wildman–Crippen MR) is 78.3 cm³/mol. The van der Waals surface area contributed by atoms with Crippen LogP contribution in [0.3, 0.4) is 0 Å². The fraction of sp³-hybridized carbons (Fsp3) is 0.467. The fourth-order valence-corrected chi connectivity index (χ4v) is 2.41. The molecule has 2 atom stereocenters. The molecular formula is C15H21N3O3. The van der Waals surface area contributed by atoms with E-state index in [1.165, 1.54) is 4.90 Å². The number of benzene rings is 1. The molecule has 114 valence electrons. The van der Waals surface area contributed by atoms with Crippen LogP contribution >= 0.6 is 0 Å². The Morgan fingerprint density at radius 2 is 2.05 bits per heavy atom. The van der Waals surface area contributed by atoms with E-state index in [2.05, 4.69) is 0 Å². The number of morpholine rings is 1. The van der Waals surface area contributed by atoms with Crippen molar-refractivity contribution < 1.29 is 14.3 Å². The van der Waals surface area contributed by atoms with Gasteiger partial charge in [-0.3, -0.25) is 9.59 Å². The third kappa shape index (κ3) is 4.03. The Balaban J connectivity index is 1.93. The number of carbonyl (C=O) groups excluding carboxylic acids is 2. The van der Waals surface area contributed by atoms with Crippen LogP contribution in [0.4, 0.5) is 0 Å². The zero-order chi connectivity index (χ0) is 15.2. The highest BCUT2D eigenvalue weighted by Crippen LogP contribution is 2.11. The van der Waals surface area contributed by atoms with Crippen molar-refractivity contribution in [1.82, 2.24) is 4.90 Å². The monoisotopic (exact) mass is 291 g/mol. The Hall–Kier alpha value is -1.92. The van der Waals surface area contributed by atoms with Crippen molar-refractivity contribution in [2.75, 3.05) is 19.8 Å². The van der Waals surface area contributed by atoms with Crippen molar-refractivity contribution in [2.45, 2.75) is 24.9 Å². The molecule has 1 aromatic carbocycles. The van der Waals surface area contributed by atoms with E-state index in [1.54, 1.807) is 0 Å². The van der Waals surface area contributed by atoms with Crippen LogP contribution in [0.5, 0.6) is 0 Å². The lowest BCUT2D eigenvalue weighted by molar-refractivity contribution is -0.148. The summed E-state index contributed by atoms with van der Waals surface area (Å²) < 4.78 is 5.20. The minimum Gasteiger partial charge on any atom is -0.377 e. The number of hydrogen-bond donors (Lipinski definition) is 2. The molecule has 2 amide bonds. The van der Waals surface area contributed by atoms with Gasteiger partial charge >= 0.3 is 0 Å². The first-order valence-electron chi connectivity index (χ1n) is 7.06. The van der Waals surface area contributed by atoms with Crippen molar-refractivity contribution in [2.24, 2.45) is 11.5 Å². The van der Waals surface area contributed by atoms with Gasteiger partial charge in [-0.15, -0.1) is 0 Å². The van der Waals surface area contributed by atoms with Crippen LogP contribution < -0.4 is 11.5 Å². The van der Waals surface area contributed by atoms with Crippen LogP contribution in [0.15, 0.2) is 30.3 Å². The number of amides is 2. The standard InChI is InChI=1S/C15H21N3O3/c16-12(7-6-11-4-2-1-3-5-11)15(20)18-8-9-21-10-13(18)14(17)19/h1-5,12-13H,6-10,16H2,(H2,17,19)/t12-,13?/m0/s1. The molecule has 0 bridgehead atoms. The molecule has 6 heteroatoms. The number of nitrogens with zero attached hydrogens (tertiary/aromatic N) is 1. The minimum absolute atomic E-state index is 0.145. The molecule has 1 fully saturated rings. The van der Waals surface area contributed by atoms with E-state index in [0.29, 0.717) is 19.6 Å². The van der Waals surface area contributed by atoms with Crippen molar-refractivity contribution in [3.8, 4) is 0 Å². The molecule has 0 aliphatic carbocycles. The SMILES string of the molecule is NC(=O)C1COCCN1C(=O)[C@@H](N)CCc1ccccc1. The summed E-state index contributed by atoms with van der Waals surface area (Å²) in [6.45, 7) is 0.902. The summed E-state index contributed by atoms with van der Waals surface area (Å²) in [4.78, 5) is 25.2. The van der Waals surface area contributed by atoms with Crippen molar-refractivity contribution in [3.05, 3.63) is 35.9 Å². The van der Waals surface area contributed by atoms with Gasteiger partial charge in [0.1, 0.15) is 6.04 Å². The van der Waals surface area contributed by atoms with Crippen LogP contribution in [0.1, 0.15) is 12.0 Å². The predicted octanol–water partition coefficient (Wildman–Crippen LogP) is -0.341. The van der Waals surface area contributed by atoms with Gasteiger partial charge < -0.3 is 21.1 Å². The third-order valence-corrected chi connectivity index (χ3v) is 3.64. The topological polar surface area (TPSA) is 98.7 Å². The second-order valence-corrected chi connectivity index (χ2v) is 5.16. The average molecular weight is 291 g/mol. The van der Waals surface area contributed by atoms with Gasteiger partial charge in [-0.2, -0.15) is 0 Å². The first-order chi connectivity index (χ1) is 10.1. The largest absolute Gasteiger partial charge is 0.377 e. The molecule has 4 N–H and O–H groups in total. The highest BCUT2D eigenvalue weighted by molar-refractivity contribution is 5.89. The van der Waals surface area contributed by atoms with E-state index in [-0.39, 0.29) is 12.5 Å². The Kier molecular flexibility index (Phi) is 5.30. The summed E-state index contributed by atoms with van der Waals surface area (Å²) in [6, 6.07) is 8.50. The number of ether oxygens (including phenoxy) is 1. The lowest BCUT2D eigenvalue weighted by atomic mass is 10.0. The van der Waals surface area contributed by atoms with Crippen molar-refractivity contribution in [1.29, 1.82) is 0 Å². The van der Waals surface area contributed by atoms with Crippen molar-refractivity contribution in [3.63, 3.8) is 0 Å². The summed E-state index contributed by atoms with van der Waals surface area (Å²) in [5, 5.41) is 0. The Labute approximate surface area is 124 Å². The highest BCUT2D eigenvalue weighted by atomic mass is 16.5. The summed E-state index contributed by atoms with van der Waals surface area (Å²) in [6.07, 6.45) is 1.25. The first-order valence-corrected chi connectivity index (χ1v) is 7.06. The lowest BCUT2D eigenvalue weighted by Crippen LogP contribution is -2.58. The number of carbonyl (C=O) groups is 2. The van der Waals surface area contributed by atoms with Crippen LogP contribution in [0.25, 0.3) is 0 Å².